The second kappa shape index (κ2) is 8.27. The first-order valence-corrected chi connectivity index (χ1v) is 11.3. The predicted molar refractivity (Wildman–Crippen MR) is 101 cm³/mol. The molecule has 1 amide bonds. The van der Waals surface area contributed by atoms with Gasteiger partial charge in [-0.15, -0.1) is 0 Å². The minimum absolute atomic E-state index is 0.0429. The molecular weight excluding hydrogens is 432 g/mol. The average molecular weight is 447 g/mol. The largest absolute Gasteiger partial charge is 0.452 e. The van der Waals surface area contributed by atoms with Crippen molar-refractivity contribution in [2.45, 2.75) is 9.79 Å². The zero-order valence-electron chi connectivity index (χ0n) is 14.4. The average Bonchev–Trinajstić information content (AvgIpc) is 2.58. The second-order valence-corrected chi connectivity index (χ2v) is 9.60. The number of esters is 1. The molecule has 0 aliphatic rings. The summed E-state index contributed by atoms with van der Waals surface area (Å²) in [5.74, 6) is -1.75. The molecule has 12 heteroatoms. The van der Waals surface area contributed by atoms with Crippen molar-refractivity contribution in [1.29, 1.82) is 0 Å². The Bertz CT molecular complexity index is 1150. The van der Waals surface area contributed by atoms with Gasteiger partial charge in [0.2, 0.25) is 10.0 Å². The summed E-state index contributed by atoms with van der Waals surface area (Å²) in [4.78, 5) is 23.7. The maximum absolute atomic E-state index is 12.1. The van der Waals surface area contributed by atoms with Gasteiger partial charge in [-0.25, -0.2) is 26.8 Å². The molecule has 0 saturated heterocycles. The molecule has 2 aromatic rings. The number of anilines is 1. The second-order valence-electron chi connectivity index (χ2n) is 5.61. The number of carbonyl (C=O) groups excluding carboxylic acids is 2. The first-order chi connectivity index (χ1) is 12.9. The number of hydrogen-bond acceptors (Lipinski definition) is 7. The Hall–Kier alpha value is -2.47. The number of nitrogens with two attached hydrogens (primary N) is 1. The Kier molecular flexibility index (Phi) is 6.44. The first-order valence-electron chi connectivity index (χ1n) is 7.47. The van der Waals surface area contributed by atoms with Crippen LogP contribution in [0.5, 0.6) is 0 Å². The van der Waals surface area contributed by atoms with Crippen LogP contribution in [0.4, 0.5) is 5.69 Å². The minimum atomic E-state index is -3.94. The zero-order valence-corrected chi connectivity index (χ0v) is 16.8. The highest BCUT2D eigenvalue weighted by Gasteiger charge is 2.18. The standard InChI is InChI=1S/C16H15ClN2O7S2/c1-27(22,23)11-5-6-14(17)13(8-11)16(21)26-9-15(20)19-10-3-2-4-12(7-10)28(18,24)25/h2-8H,9H2,1H3,(H,19,20)(H2,18,24,25). The van der Waals surface area contributed by atoms with Gasteiger partial charge < -0.3 is 10.1 Å². The third-order valence-electron chi connectivity index (χ3n) is 3.37. The molecule has 0 radical (unpaired) electrons. The van der Waals surface area contributed by atoms with Crippen molar-refractivity contribution in [3.05, 3.63) is 53.1 Å². The number of rotatable bonds is 6. The topological polar surface area (TPSA) is 150 Å². The number of sulfonamides is 1. The number of ether oxygens (including phenoxy) is 1. The Morgan fingerprint density at radius 1 is 1.07 bits per heavy atom. The number of carbonyl (C=O) groups is 2. The Morgan fingerprint density at radius 2 is 1.75 bits per heavy atom. The lowest BCUT2D eigenvalue weighted by molar-refractivity contribution is -0.119. The quantitative estimate of drug-likeness (QED) is 0.632. The number of benzene rings is 2. The first kappa shape index (κ1) is 21.8. The molecule has 150 valence electrons. The van der Waals surface area contributed by atoms with Crippen LogP contribution in [0.15, 0.2) is 52.3 Å². The lowest BCUT2D eigenvalue weighted by atomic mass is 10.2. The van der Waals surface area contributed by atoms with Crippen LogP contribution in [0.25, 0.3) is 0 Å². The van der Waals surface area contributed by atoms with Gasteiger partial charge in [0, 0.05) is 11.9 Å². The van der Waals surface area contributed by atoms with E-state index >= 15 is 0 Å². The van der Waals surface area contributed by atoms with E-state index in [0.717, 1.165) is 18.4 Å². The van der Waals surface area contributed by atoms with Crippen LogP contribution >= 0.6 is 11.6 Å². The number of amides is 1. The smallest absolute Gasteiger partial charge is 0.340 e. The van der Waals surface area contributed by atoms with Gasteiger partial charge in [-0.3, -0.25) is 4.79 Å². The molecule has 2 rings (SSSR count). The Morgan fingerprint density at radius 3 is 2.36 bits per heavy atom. The predicted octanol–water partition coefficient (Wildman–Crippen LogP) is 1.19. The van der Waals surface area contributed by atoms with Crippen molar-refractivity contribution in [2.24, 2.45) is 5.14 Å². The molecule has 0 aliphatic carbocycles. The number of sulfone groups is 1. The van der Waals surface area contributed by atoms with Gasteiger partial charge in [0.1, 0.15) is 0 Å². The fraction of sp³-hybridized carbons (Fsp3) is 0.125. The SMILES string of the molecule is CS(=O)(=O)c1ccc(Cl)c(C(=O)OCC(=O)Nc2cccc(S(N)(=O)=O)c2)c1. The summed E-state index contributed by atoms with van der Waals surface area (Å²) in [6.45, 7) is -0.710. The Labute approximate surface area is 166 Å². The summed E-state index contributed by atoms with van der Waals surface area (Å²) in [5, 5.41) is 7.31. The molecule has 0 spiro atoms. The van der Waals surface area contributed by atoms with Crippen LogP contribution in [0.3, 0.4) is 0 Å². The van der Waals surface area contributed by atoms with Crippen LogP contribution < -0.4 is 10.5 Å². The van der Waals surface area contributed by atoms with E-state index in [4.69, 9.17) is 21.5 Å². The number of primary sulfonamides is 1. The highest BCUT2D eigenvalue weighted by molar-refractivity contribution is 7.90. The van der Waals surface area contributed by atoms with Crippen LogP contribution in [0, 0.1) is 0 Å². The molecule has 0 heterocycles. The van der Waals surface area contributed by atoms with Gasteiger partial charge in [0.25, 0.3) is 5.91 Å². The molecule has 0 atom stereocenters. The van der Waals surface area contributed by atoms with E-state index in [1.165, 1.54) is 30.3 Å². The summed E-state index contributed by atoms with van der Waals surface area (Å²) in [6.07, 6.45) is 0.967. The van der Waals surface area contributed by atoms with Crippen molar-refractivity contribution in [1.82, 2.24) is 0 Å². The van der Waals surface area contributed by atoms with Gasteiger partial charge >= 0.3 is 5.97 Å². The maximum atomic E-state index is 12.1. The monoisotopic (exact) mass is 446 g/mol. The molecule has 9 nitrogen and oxygen atoms in total. The number of nitrogens with one attached hydrogen (secondary N) is 1. The maximum Gasteiger partial charge on any atom is 0.340 e. The molecule has 0 aromatic heterocycles. The third kappa shape index (κ3) is 5.76. The number of halogens is 1. The van der Waals surface area contributed by atoms with Crippen molar-refractivity contribution in [3.63, 3.8) is 0 Å². The molecule has 0 saturated carbocycles. The summed E-state index contributed by atoms with van der Waals surface area (Å²) in [7, 11) is -7.51. The van der Waals surface area contributed by atoms with Crippen LogP contribution in [-0.4, -0.2) is 41.6 Å². The molecule has 0 aliphatic heterocycles. The lowest BCUT2D eigenvalue weighted by Crippen LogP contribution is -2.21. The van der Waals surface area contributed by atoms with E-state index in [0.29, 0.717) is 0 Å². The molecule has 0 unspecified atom stereocenters. The van der Waals surface area contributed by atoms with Crippen LogP contribution in [-0.2, 0) is 29.4 Å². The molecule has 0 fully saturated rings. The van der Waals surface area contributed by atoms with Crippen molar-refractivity contribution in [2.75, 3.05) is 18.2 Å². The van der Waals surface area contributed by atoms with Gasteiger partial charge in [-0.2, -0.15) is 0 Å². The molecule has 28 heavy (non-hydrogen) atoms. The fourth-order valence-corrected chi connectivity index (χ4v) is 3.45. The van der Waals surface area contributed by atoms with E-state index in [2.05, 4.69) is 5.32 Å². The van der Waals surface area contributed by atoms with Gasteiger partial charge in [-0.05, 0) is 36.4 Å². The molecule has 0 bridgehead atoms. The van der Waals surface area contributed by atoms with Crippen molar-refractivity contribution >= 4 is 49.0 Å². The highest BCUT2D eigenvalue weighted by atomic mass is 35.5. The summed E-state index contributed by atoms with van der Waals surface area (Å²) in [5.41, 5.74) is -0.0849. The molecule has 2 aromatic carbocycles. The van der Waals surface area contributed by atoms with E-state index < -0.39 is 38.3 Å². The normalized spacial score (nSPS) is 11.7. The van der Waals surface area contributed by atoms with Crippen LogP contribution in [0.1, 0.15) is 10.4 Å². The van der Waals surface area contributed by atoms with Crippen molar-refractivity contribution in [3.8, 4) is 0 Å². The summed E-state index contributed by atoms with van der Waals surface area (Å²) >= 11 is 5.88. The minimum Gasteiger partial charge on any atom is -0.452 e. The Balaban J connectivity index is 2.07. The van der Waals surface area contributed by atoms with Gasteiger partial charge in [-0.1, -0.05) is 17.7 Å². The van der Waals surface area contributed by atoms with Gasteiger partial charge in [0.05, 0.1) is 20.4 Å². The highest BCUT2D eigenvalue weighted by Crippen LogP contribution is 2.21. The van der Waals surface area contributed by atoms with E-state index in [9.17, 15) is 26.4 Å². The molecule has 3 N–H and O–H groups in total. The van der Waals surface area contributed by atoms with Crippen molar-refractivity contribution < 1.29 is 31.2 Å². The van der Waals surface area contributed by atoms with Crippen LogP contribution in [0.2, 0.25) is 5.02 Å². The zero-order chi connectivity index (χ0) is 21.1. The summed E-state index contributed by atoms with van der Waals surface area (Å²) < 4.78 is 50.6. The molecular formula is C16H15ClN2O7S2. The number of hydrogen-bond donors (Lipinski definition) is 2. The van der Waals surface area contributed by atoms with Gasteiger partial charge in [0.15, 0.2) is 16.4 Å². The van der Waals surface area contributed by atoms with E-state index in [1.54, 1.807) is 0 Å². The lowest BCUT2D eigenvalue weighted by Gasteiger charge is -2.09. The fourth-order valence-electron chi connectivity index (χ4n) is 2.05. The van der Waals surface area contributed by atoms with E-state index in [-0.39, 0.29) is 26.1 Å². The van der Waals surface area contributed by atoms with E-state index in [1.807, 2.05) is 0 Å². The summed E-state index contributed by atoms with van der Waals surface area (Å²) in [6, 6.07) is 8.70. The third-order valence-corrected chi connectivity index (χ3v) is 5.72.